The molecule has 0 spiro atoms. The molecular formula is C24H25F2N7O. The van der Waals surface area contributed by atoms with E-state index in [0.717, 1.165) is 31.7 Å². The van der Waals surface area contributed by atoms with E-state index in [0.29, 0.717) is 28.3 Å². The van der Waals surface area contributed by atoms with Gasteiger partial charge in [-0.3, -0.25) is 4.98 Å². The molecule has 0 unspecified atom stereocenters. The van der Waals surface area contributed by atoms with E-state index < -0.39 is 11.6 Å². The zero-order valence-corrected chi connectivity index (χ0v) is 19.2. The number of ether oxygens (including phenoxy) is 1. The van der Waals surface area contributed by atoms with Crippen LogP contribution in [0.5, 0.6) is 5.75 Å². The minimum absolute atomic E-state index is 0.192. The number of hydrogen-bond donors (Lipinski definition) is 1. The molecule has 1 fully saturated rings. The average Bonchev–Trinajstić information content (AvgIpc) is 3.23. The Bertz CT molecular complexity index is 1350. The molecule has 0 bridgehead atoms. The molecule has 0 aliphatic carbocycles. The third-order valence-corrected chi connectivity index (χ3v) is 6.15. The van der Waals surface area contributed by atoms with Gasteiger partial charge in [0.15, 0.2) is 5.82 Å². The summed E-state index contributed by atoms with van der Waals surface area (Å²) >= 11 is 0. The SMILES string of the molecule is CNc1ccc(F)c(-n2cc(-c3cncc(OC)c3)c3nc(N4CCN(C)CC4)ncc32)c1F. The number of likely N-dealkylation sites (N-methyl/N-ethyl adjacent to an activating group) is 1. The van der Waals surface area contributed by atoms with Gasteiger partial charge in [0.25, 0.3) is 0 Å². The summed E-state index contributed by atoms with van der Waals surface area (Å²) in [4.78, 5) is 18.0. The molecule has 0 radical (unpaired) electrons. The summed E-state index contributed by atoms with van der Waals surface area (Å²) in [7, 11) is 5.23. The summed E-state index contributed by atoms with van der Waals surface area (Å²) in [5.74, 6) is -0.230. The molecule has 0 amide bonds. The number of hydrogen-bond acceptors (Lipinski definition) is 7. The molecule has 176 valence electrons. The van der Waals surface area contributed by atoms with Crippen LogP contribution in [0.4, 0.5) is 20.4 Å². The molecule has 34 heavy (non-hydrogen) atoms. The van der Waals surface area contributed by atoms with E-state index in [-0.39, 0.29) is 11.4 Å². The van der Waals surface area contributed by atoms with E-state index in [4.69, 9.17) is 9.72 Å². The van der Waals surface area contributed by atoms with Crippen molar-refractivity contribution in [2.24, 2.45) is 0 Å². The Morgan fingerprint density at radius 1 is 1.06 bits per heavy atom. The van der Waals surface area contributed by atoms with Crippen molar-refractivity contribution in [2.75, 3.05) is 57.6 Å². The van der Waals surface area contributed by atoms with Gasteiger partial charge in [-0.2, -0.15) is 0 Å². The lowest BCUT2D eigenvalue weighted by molar-refractivity contribution is 0.311. The van der Waals surface area contributed by atoms with E-state index in [2.05, 4.69) is 32.1 Å². The van der Waals surface area contributed by atoms with Gasteiger partial charge in [0, 0.05) is 56.7 Å². The van der Waals surface area contributed by atoms with E-state index in [9.17, 15) is 4.39 Å². The quantitative estimate of drug-likeness (QED) is 0.483. The standard InChI is InChI=1S/C24H25F2N7O/c1-27-19-5-4-18(25)23(21(19)26)33-14-17(15-10-16(34-3)12-28-11-15)22-20(33)13-29-24(30-22)32-8-6-31(2)7-9-32/h4-5,10-14,27H,6-9H2,1-3H3. The average molecular weight is 466 g/mol. The minimum Gasteiger partial charge on any atom is -0.495 e. The Kier molecular flexibility index (Phi) is 5.74. The number of benzene rings is 1. The van der Waals surface area contributed by atoms with Gasteiger partial charge in [0.2, 0.25) is 5.95 Å². The van der Waals surface area contributed by atoms with Gasteiger partial charge in [0.1, 0.15) is 22.8 Å². The number of halogens is 2. The second kappa shape index (κ2) is 8.86. The van der Waals surface area contributed by atoms with Crippen LogP contribution in [0, 0.1) is 11.6 Å². The predicted octanol–water partition coefficient (Wildman–Crippen LogP) is 3.56. The van der Waals surface area contributed by atoms with Gasteiger partial charge in [-0.05, 0) is 25.2 Å². The molecule has 0 atom stereocenters. The van der Waals surface area contributed by atoms with Gasteiger partial charge < -0.3 is 24.4 Å². The maximum Gasteiger partial charge on any atom is 0.226 e. The maximum atomic E-state index is 15.3. The topological polar surface area (TPSA) is 71.3 Å². The van der Waals surface area contributed by atoms with Crippen molar-refractivity contribution >= 4 is 22.7 Å². The van der Waals surface area contributed by atoms with Crippen molar-refractivity contribution in [1.29, 1.82) is 0 Å². The predicted molar refractivity (Wildman–Crippen MR) is 128 cm³/mol. The number of rotatable bonds is 5. The first-order valence-corrected chi connectivity index (χ1v) is 11.0. The Hall–Kier alpha value is -3.79. The fraction of sp³-hybridized carbons (Fsp3) is 0.292. The van der Waals surface area contributed by atoms with E-state index in [1.54, 1.807) is 38.9 Å². The molecule has 1 aliphatic heterocycles. The van der Waals surface area contributed by atoms with Crippen LogP contribution in [0.15, 0.2) is 43.0 Å². The van der Waals surface area contributed by atoms with Crippen LogP contribution in [0.3, 0.4) is 0 Å². The Labute approximate surface area is 195 Å². The fourth-order valence-corrected chi connectivity index (χ4v) is 4.19. The Balaban J connectivity index is 1.73. The van der Waals surface area contributed by atoms with Crippen molar-refractivity contribution in [1.82, 2.24) is 24.4 Å². The molecule has 1 aromatic carbocycles. The highest BCUT2D eigenvalue weighted by atomic mass is 19.1. The number of nitrogens with one attached hydrogen (secondary N) is 1. The first kappa shape index (κ1) is 22.0. The van der Waals surface area contributed by atoms with Gasteiger partial charge in [-0.1, -0.05) is 0 Å². The van der Waals surface area contributed by atoms with Crippen LogP contribution in [0.25, 0.3) is 27.8 Å². The van der Waals surface area contributed by atoms with Crippen LogP contribution >= 0.6 is 0 Å². The highest BCUT2D eigenvalue weighted by Gasteiger charge is 2.23. The number of fused-ring (bicyclic) bond motifs is 1. The molecule has 8 nitrogen and oxygen atoms in total. The number of anilines is 2. The monoisotopic (exact) mass is 465 g/mol. The highest BCUT2D eigenvalue weighted by molar-refractivity contribution is 5.94. The van der Waals surface area contributed by atoms with Crippen LogP contribution in [-0.2, 0) is 0 Å². The molecule has 0 saturated carbocycles. The van der Waals surface area contributed by atoms with E-state index in [1.807, 2.05) is 6.07 Å². The van der Waals surface area contributed by atoms with Crippen LogP contribution in [0.1, 0.15) is 0 Å². The molecule has 4 heterocycles. The lowest BCUT2D eigenvalue weighted by Gasteiger charge is -2.32. The molecule has 1 saturated heterocycles. The first-order valence-electron chi connectivity index (χ1n) is 11.0. The van der Waals surface area contributed by atoms with Gasteiger partial charge in [0.05, 0.1) is 30.7 Å². The summed E-state index contributed by atoms with van der Waals surface area (Å²) in [6.07, 6.45) is 6.57. The van der Waals surface area contributed by atoms with E-state index in [1.165, 1.54) is 16.7 Å². The smallest absolute Gasteiger partial charge is 0.226 e. The van der Waals surface area contributed by atoms with Crippen molar-refractivity contribution in [3.8, 4) is 22.6 Å². The van der Waals surface area contributed by atoms with Crippen LogP contribution in [-0.4, -0.2) is 71.8 Å². The normalized spacial score (nSPS) is 14.6. The van der Waals surface area contributed by atoms with Crippen molar-refractivity contribution in [3.63, 3.8) is 0 Å². The van der Waals surface area contributed by atoms with Crippen LogP contribution < -0.4 is 15.0 Å². The molecular weight excluding hydrogens is 440 g/mol. The second-order valence-corrected chi connectivity index (χ2v) is 8.23. The Morgan fingerprint density at radius 2 is 1.85 bits per heavy atom. The number of pyridine rings is 1. The maximum absolute atomic E-state index is 15.3. The fourth-order valence-electron chi connectivity index (χ4n) is 4.19. The minimum atomic E-state index is -0.696. The summed E-state index contributed by atoms with van der Waals surface area (Å²) in [5.41, 5.74) is 2.45. The molecule has 1 aliphatic rings. The summed E-state index contributed by atoms with van der Waals surface area (Å²) in [6.45, 7) is 3.41. The van der Waals surface area contributed by atoms with Crippen molar-refractivity contribution in [3.05, 3.63) is 54.6 Å². The second-order valence-electron chi connectivity index (χ2n) is 8.23. The summed E-state index contributed by atoms with van der Waals surface area (Å²) in [6, 6.07) is 4.43. The van der Waals surface area contributed by atoms with Crippen molar-refractivity contribution in [2.45, 2.75) is 0 Å². The lowest BCUT2D eigenvalue weighted by atomic mass is 10.1. The van der Waals surface area contributed by atoms with Gasteiger partial charge in [-0.25, -0.2) is 18.7 Å². The largest absolute Gasteiger partial charge is 0.495 e. The van der Waals surface area contributed by atoms with Gasteiger partial charge in [-0.15, -0.1) is 0 Å². The number of nitrogens with zero attached hydrogens (tertiary/aromatic N) is 6. The van der Waals surface area contributed by atoms with Crippen LogP contribution in [0.2, 0.25) is 0 Å². The number of methoxy groups -OCH3 is 1. The zero-order valence-electron chi connectivity index (χ0n) is 19.2. The van der Waals surface area contributed by atoms with Crippen molar-refractivity contribution < 1.29 is 13.5 Å². The molecule has 4 aromatic rings. The van der Waals surface area contributed by atoms with E-state index >= 15 is 4.39 Å². The first-order chi connectivity index (χ1) is 16.5. The molecule has 5 rings (SSSR count). The van der Waals surface area contributed by atoms with Gasteiger partial charge >= 0.3 is 0 Å². The number of piperazine rings is 1. The number of aromatic nitrogens is 4. The lowest BCUT2D eigenvalue weighted by Crippen LogP contribution is -2.45. The summed E-state index contributed by atoms with van der Waals surface area (Å²) < 4.78 is 37.0. The molecule has 10 heteroatoms. The zero-order chi connectivity index (χ0) is 23.8. The third kappa shape index (κ3) is 3.79. The highest BCUT2D eigenvalue weighted by Crippen LogP contribution is 2.35. The Morgan fingerprint density at radius 3 is 2.59 bits per heavy atom. The summed E-state index contributed by atoms with van der Waals surface area (Å²) in [5, 5.41) is 2.77. The third-order valence-electron chi connectivity index (χ3n) is 6.15. The molecule has 1 N–H and O–H groups in total. The molecule has 3 aromatic heterocycles.